The third kappa shape index (κ3) is 4.06. The largest absolute Gasteiger partial charge is 0.335 e. The molecule has 0 aliphatic carbocycles. The van der Waals surface area contributed by atoms with Gasteiger partial charge >= 0.3 is 0 Å². The molecule has 1 heterocycles. The molecule has 5 nitrogen and oxygen atoms in total. The van der Waals surface area contributed by atoms with Crippen molar-refractivity contribution < 1.29 is 4.79 Å². The summed E-state index contributed by atoms with van der Waals surface area (Å²) in [4.78, 5) is 18.2. The van der Waals surface area contributed by atoms with Crippen molar-refractivity contribution in [3.63, 3.8) is 0 Å². The molecule has 0 aliphatic rings. The van der Waals surface area contributed by atoms with Crippen LogP contribution in [0.15, 0.2) is 67.3 Å². The highest BCUT2D eigenvalue weighted by Gasteiger charge is 2.15. The molecule has 0 aliphatic heterocycles. The third-order valence-electron chi connectivity index (χ3n) is 4.45. The van der Waals surface area contributed by atoms with E-state index >= 15 is 0 Å². The van der Waals surface area contributed by atoms with Crippen molar-refractivity contribution in [1.29, 1.82) is 0 Å². The van der Waals surface area contributed by atoms with Crippen molar-refractivity contribution in [2.45, 2.75) is 19.9 Å². The molecule has 132 valence electrons. The SMILES string of the molecule is Cc1cccc(/C=C/C(=O)N(C)C(C)c2ccc(-n3cncn3)cc2)c1. The maximum absolute atomic E-state index is 12.5. The molecule has 1 atom stereocenters. The molecule has 0 spiro atoms. The number of amides is 1. The van der Waals surface area contributed by atoms with Crippen molar-refractivity contribution in [2.75, 3.05) is 7.05 Å². The number of aromatic nitrogens is 3. The molecule has 1 amide bonds. The Labute approximate surface area is 153 Å². The van der Waals surface area contributed by atoms with Crippen LogP contribution in [0.3, 0.4) is 0 Å². The number of hydrogen-bond donors (Lipinski definition) is 0. The van der Waals surface area contributed by atoms with Crippen LogP contribution in [-0.2, 0) is 4.79 Å². The van der Waals surface area contributed by atoms with Crippen LogP contribution < -0.4 is 0 Å². The Morgan fingerprint density at radius 3 is 2.62 bits per heavy atom. The Hall–Kier alpha value is -3.21. The van der Waals surface area contributed by atoms with Crippen molar-refractivity contribution in [3.05, 3.63) is 84.0 Å². The molecular weight excluding hydrogens is 324 g/mol. The summed E-state index contributed by atoms with van der Waals surface area (Å²) in [5, 5.41) is 4.12. The summed E-state index contributed by atoms with van der Waals surface area (Å²) >= 11 is 0. The number of likely N-dealkylation sites (N-methyl/N-ethyl adjacent to an activating group) is 1. The lowest BCUT2D eigenvalue weighted by molar-refractivity contribution is -0.126. The van der Waals surface area contributed by atoms with Crippen LogP contribution in [0.4, 0.5) is 0 Å². The number of benzene rings is 2. The minimum atomic E-state index is -0.0329. The number of rotatable bonds is 5. The predicted molar refractivity (Wildman–Crippen MR) is 103 cm³/mol. The average Bonchev–Trinajstić information content (AvgIpc) is 3.20. The van der Waals surface area contributed by atoms with Gasteiger partial charge in [-0.3, -0.25) is 4.79 Å². The van der Waals surface area contributed by atoms with Gasteiger partial charge < -0.3 is 4.90 Å². The second kappa shape index (κ2) is 7.78. The summed E-state index contributed by atoms with van der Waals surface area (Å²) in [6, 6.07) is 16.0. The smallest absolute Gasteiger partial charge is 0.246 e. The molecule has 5 heteroatoms. The van der Waals surface area contributed by atoms with E-state index in [2.05, 4.69) is 16.1 Å². The van der Waals surface area contributed by atoms with E-state index in [1.807, 2.05) is 69.4 Å². The van der Waals surface area contributed by atoms with E-state index in [4.69, 9.17) is 0 Å². The van der Waals surface area contributed by atoms with Crippen LogP contribution in [-0.4, -0.2) is 32.6 Å². The van der Waals surface area contributed by atoms with E-state index in [0.29, 0.717) is 0 Å². The van der Waals surface area contributed by atoms with E-state index in [-0.39, 0.29) is 11.9 Å². The number of carbonyl (C=O) groups is 1. The summed E-state index contributed by atoms with van der Waals surface area (Å²) in [6.07, 6.45) is 6.63. The van der Waals surface area contributed by atoms with Crippen LogP contribution in [0.25, 0.3) is 11.8 Å². The Bertz CT molecular complexity index is 898. The van der Waals surface area contributed by atoms with Gasteiger partial charge in [-0.25, -0.2) is 9.67 Å². The molecule has 0 bridgehead atoms. The van der Waals surface area contributed by atoms with Crippen molar-refractivity contribution >= 4 is 12.0 Å². The van der Waals surface area contributed by atoms with Gasteiger partial charge in [-0.1, -0.05) is 42.0 Å². The topological polar surface area (TPSA) is 51.0 Å². The van der Waals surface area contributed by atoms with E-state index in [0.717, 1.165) is 16.8 Å². The molecule has 0 fully saturated rings. The van der Waals surface area contributed by atoms with Crippen LogP contribution in [0, 0.1) is 6.92 Å². The Morgan fingerprint density at radius 1 is 1.19 bits per heavy atom. The standard InChI is InChI=1S/C21H22N4O/c1-16-5-4-6-18(13-16)7-12-21(26)24(3)17(2)19-8-10-20(11-9-19)25-15-22-14-23-25/h4-15,17H,1-3H3/b12-7+. The first kappa shape index (κ1) is 17.6. The van der Waals surface area contributed by atoms with Gasteiger partial charge in [0.15, 0.2) is 0 Å². The molecule has 0 saturated carbocycles. The summed E-state index contributed by atoms with van der Waals surface area (Å²) in [6.45, 7) is 4.05. The fourth-order valence-electron chi connectivity index (χ4n) is 2.72. The summed E-state index contributed by atoms with van der Waals surface area (Å²) in [5.74, 6) is -0.0284. The number of hydrogen-bond acceptors (Lipinski definition) is 3. The maximum atomic E-state index is 12.5. The van der Waals surface area contributed by atoms with Gasteiger partial charge in [-0.15, -0.1) is 0 Å². The Balaban J connectivity index is 1.68. The highest BCUT2D eigenvalue weighted by atomic mass is 16.2. The monoisotopic (exact) mass is 346 g/mol. The molecular formula is C21H22N4O. The van der Waals surface area contributed by atoms with Gasteiger partial charge in [0, 0.05) is 13.1 Å². The van der Waals surface area contributed by atoms with E-state index < -0.39 is 0 Å². The molecule has 26 heavy (non-hydrogen) atoms. The molecule has 0 saturated heterocycles. The quantitative estimate of drug-likeness (QED) is 0.660. The minimum absolute atomic E-state index is 0.0284. The van der Waals surface area contributed by atoms with Crippen molar-refractivity contribution in [3.8, 4) is 5.69 Å². The van der Waals surface area contributed by atoms with E-state index in [1.54, 1.807) is 22.0 Å². The summed E-state index contributed by atoms with van der Waals surface area (Å²) in [5.41, 5.74) is 4.20. The number of carbonyl (C=O) groups excluding carboxylic acids is 1. The Kier molecular flexibility index (Phi) is 5.27. The molecule has 1 aromatic heterocycles. The fourth-order valence-corrected chi connectivity index (χ4v) is 2.72. The van der Waals surface area contributed by atoms with Crippen LogP contribution in [0.5, 0.6) is 0 Å². The first-order valence-electron chi connectivity index (χ1n) is 8.51. The molecule has 3 rings (SSSR count). The molecule has 0 radical (unpaired) electrons. The molecule has 3 aromatic rings. The van der Waals surface area contributed by atoms with Crippen LogP contribution in [0.1, 0.15) is 29.7 Å². The van der Waals surface area contributed by atoms with Gasteiger partial charge in [0.05, 0.1) is 11.7 Å². The lowest BCUT2D eigenvalue weighted by atomic mass is 10.1. The first-order chi connectivity index (χ1) is 12.5. The van der Waals surface area contributed by atoms with Crippen LogP contribution in [0.2, 0.25) is 0 Å². The van der Waals surface area contributed by atoms with Crippen molar-refractivity contribution in [2.24, 2.45) is 0 Å². The fraction of sp³-hybridized carbons (Fsp3) is 0.190. The lowest BCUT2D eigenvalue weighted by Crippen LogP contribution is -2.27. The summed E-state index contributed by atoms with van der Waals surface area (Å²) < 4.78 is 1.70. The van der Waals surface area contributed by atoms with Crippen LogP contribution >= 0.6 is 0 Å². The molecule has 0 N–H and O–H groups in total. The van der Waals surface area contributed by atoms with E-state index in [1.165, 1.54) is 11.9 Å². The second-order valence-electron chi connectivity index (χ2n) is 6.30. The lowest BCUT2D eigenvalue weighted by Gasteiger charge is -2.24. The van der Waals surface area contributed by atoms with E-state index in [9.17, 15) is 4.79 Å². The third-order valence-corrected chi connectivity index (χ3v) is 4.45. The number of nitrogens with zero attached hydrogens (tertiary/aromatic N) is 4. The van der Waals surface area contributed by atoms with Gasteiger partial charge in [0.25, 0.3) is 0 Å². The first-order valence-corrected chi connectivity index (χ1v) is 8.51. The minimum Gasteiger partial charge on any atom is -0.335 e. The zero-order chi connectivity index (χ0) is 18.5. The molecule has 1 unspecified atom stereocenters. The van der Waals surface area contributed by atoms with Gasteiger partial charge in [-0.05, 0) is 43.2 Å². The maximum Gasteiger partial charge on any atom is 0.246 e. The number of aryl methyl sites for hydroxylation is 1. The van der Waals surface area contributed by atoms with Gasteiger partial charge in [0.2, 0.25) is 5.91 Å². The highest BCUT2D eigenvalue weighted by molar-refractivity contribution is 5.91. The van der Waals surface area contributed by atoms with Gasteiger partial charge in [0.1, 0.15) is 12.7 Å². The zero-order valence-corrected chi connectivity index (χ0v) is 15.2. The predicted octanol–water partition coefficient (Wildman–Crippen LogP) is 3.81. The van der Waals surface area contributed by atoms with Crippen molar-refractivity contribution in [1.82, 2.24) is 19.7 Å². The summed E-state index contributed by atoms with van der Waals surface area (Å²) in [7, 11) is 1.82. The Morgan fingerprint density at radius 2 is 1.96 bits per heavy atom. The normalized spacial score (nSPS) is 12.3. The second-order valence-corrected chi connectivity index (χ2v) is 6.30. The average molecular weight is 346 g/mol. The van der Waals surface area contributed by atoms with Gasteiger partial charge in [-0.2, -0.15) is 5.10 Å². The molecule has 2 aromatic carbocycles. The highest BCUT2D eigenvalue weighted by Crippen LogP contribution is 2.20. The zero-order valence-electron chi connectivity index (χ0n) is 15.2.